The molecule has 1 atom stereocenters. The van der Waals surface area contributed by atoms with Gasteiger partial charge in [-0.25, -0.2) is 0 Å². The molecule has 2 aromatic rings. The second-order valence-corrected chi connectivity index (χ2v) is 5.34. The van der Waals surface area contributed by atoms with Gasteiger partial charge < -0.3 is 9.88 Å². The Morgan fingerprint density at radius 1 is 1.43 bits per heavy atom. The number of rotatable bonds is 6. The largest absolute Gasteiger partial charge is 0.350 e. The highest BCUT2D eigenvalue weighted by Crippen LogP contribution is 2.23. The van der Waals surface area contributed by atoms with Crippen LogP contribution in [0.15, 0.2) is 36.7 Å². The lowest BCUT2D eigenvalue weighted by molar-refractivity contribution is -0.384. The van der Waals surface area contributed by atoms with Crippen LogP contribution in [0.1, 0.15) is 31.0 Å². The quantitative estimate of drug-likeness (QED) is 0.653. The molecule has 112 valence electrons. The van der Waals surface area contributed by atoms with E-state index < -0.39 is 4.92 Å². The summed E-state index contributed by atoms with van der Waals surface area (Å²) in [7, 11) is 0. The predicted octanol–water partition coefficient (Wildman–Crippen LogP) is 3.77. The topological polar surface area (TPSA) is 60.1 Å². The Balaban J connectivity index is 2.13. The van der Waals surface area contributed by atoms with E-state index in [1.54, 1.807) is 6.07 Å². The third-order valence-electron chi connectivity index (χ3n) is 3.38. The molecule has 6 heteroatoms. The number of aromatic nitrogens is 1. The first-order chi connectivity index (χ1) is 10.0. The normalized spacial score (nSPS) is 12.3. The maximum atomic E-state index is 10.7. The van der Waals surface area contributed by atoms with Gasteiger partial charge in [-0.15, -0.1) is 0 Å². The SMILES string of the molecule is CCNC(C)c1ccn(Cc2ccc([N+](=O)[O-])cc2Cl)c1. The molecular formula is C15H18ClN3O2. The third kappa shape index (κ3) is 3.83. The van der Waals surface area contributed by atoms with Crippen molar-refractivity contribution in [1.82, 2.24) is 9.88 Å². The Hall–Kier alpha value is -1.85. The van der Waals surface area contributed by atoms with Gasteiger partial charge in [0.2, 0.25) is 0 Å². The maximum Gasteiger partial charge on any atom is 0.270 e. The van der Waals surface area contributed by atoms with Crippen molar-refractivity contribution in [2.75, 3.05) is 6.54 Å². The molecular weight excluding hydrogens is 290 g/mol. The van der Waals surface area contributed by atoms with Gasteiger partial charge in [-0.2, -0.15) is 0 Å². The molecule has 21 heavy (non-hydrogen) atoms. The van der Waals surface area contributed by atoms with Gasteiger partial charge in [0, 0.05) is 37.1 Å². The van der Waals surface area contributed by atoms with Gasteiger partial charge in [0.05, 0.1) is 9.95 Å². The van der Waals surface area contributed by atoms with E-state index >= 15 is 0 Å². The first-order valence-electron chi connectivity index (χ1n) is 6.83. The number of nitrogens with one attached hydrogen (secondary N) is 1. The zero-order valence-electron chi connectivity index (χ0n) is 12.0. The number of nitrogens with zero attached hydrogens (tertiary/aromatic N) is 2. The molecule has 0 aliphatic carbocycles. The number of non-ortho nitro benzene ring substituents is 1. The second kappa shape index (κ2) is 6.74. The molecule has 0 bridgehead atoms. The van der Waals surface area contributed by atoms with Crippen molar-refractivity contribution in [3.05, 3.63) is 62.9 Å². The van der Waals surface area contributed by atoms with Gasteiger partial charge in [0.15, 0.2) is 0 Å². The van der Waals surface area contributed by atoms with Crippen LogP contribution >= 0.6 is 11.6 Å². The van der Waals surface area contributed by atoms with E-state index in [0.717, 1.165) is 12.1 Å². The zero-order valence-corrected chi connectivity index (χ0v) is 12.8. The predicted molar refractivity (Wildman–Crippen MR) is 83.7 cm³/mol. The molecule has 0 saturated carbocycles. The summed E-state index contributed by atoms with van der Waals surface area (Å²) >= 11 is 6.11. The van der Waals surface area contributed by atoms with Crippen molar-refractivity contribution in [3.63, 3.8) is 0 Å². The zero-order chi connectivity index (χ0) is 15.4. The van der Waals surface area contributed by atoms with Crippen LogP contribution < -0.4 is 5.32 Å². The molecule has 0 fully saturated rings. The molecule has 0 amide bonds. The van der Waals surface area contributed by atoms with Gasteiger partial charge in [0.1, 0.15) is 0 Å². The fourth-order valence-corrected chi connectivity index (χ4v) is 2.45. The minimum atomic E-state index is -0.443. The lowest BCUT2D eigenvalue weighted by Gasteiger charge is -2.10. The number of benzene rings is 1. The van der Waals surface area contributed by atoms with E-state index in [0.29, 0.717) is 17.6 Å². The third-order valence-corrected chi connectivity index (χ3v) is 3.74. The van der Waals surface area contributed by atoms with Crippen LogP contribution in [0.5, 0.6) is 0 Å². The summed E-state index contributed by atoms with van der Waals surface area (Å²) in [6.07, 6.45) is 4.05. The first kappa shape index (κ1) is 15.5. The van der Waals surface area contributed by atoms with Gasteiger partial charge in [-0.05, 0) is 36.7 Å². The highest BCUT2D eigenvalue weighted by atomic mass is 35.5. The van der Waals surface area contributed by atoms with E-state index in [1.165, 1.54) is 17.7 Å². The summed E-state index contributed by atoms with van der Waals surface area (Å²) in [6.45, 7) is 5.70. The molecule has 1 heterocycles. The first-order valence-corrected chi connectivity index (χ1v) is 7.21. The van der Waals surface area contributed by atoms with Crippen LogP contribution in [-0.2, 0) is 6.54 Å². The van der Waals surface area contributed by atoms with Gasteiger partial charge in [-0.3, -0.25) is 10.1 Å². The van der Waals surface area contributed by atoms with Gasteiger partial charge in [-0.1, -0.05) is 18.5 Å². The molecule has 1 N–H and O–H groups in total. The number of hydrogen-bond acceptors (Lipinski definition) is 3. The van der Waals surface area contributed by atoms with Crippen LogP contribution in [0.4, 0.5) is 5.69 Å². The molecule has 0 aliphatic heterocycles. The van der Waals surface area contributed by atoms with Crippen molar-refractivity contribution in [3.8, 4) is 0 Å². The summed E-state index contributed by atoms with van der Waals surface area (Å²) in [6, 6.07) is 6.93. The highest BCUT2D eigenvalue weighted by Gasteiger charge is 2.10. The van der Waals surface area contributed by atoms with E-state index in [9.17, 15) is 10.1 Å². The molecule has 0 radical (unpaired) electrons. The minimum absolute atomic E-state index is 0.0118. The van der Waals surface area contributed by atoms with Crippen LogP contribution in [0.25, 0.3) is 0 Å². The lowest BCUT2D eigenvalue weighted by atomic mass is 10.2. The molecule has 0 saturated heterocycles. The fourth-order valence-electron chi connectivity index (χ4n) is 2.21. The average Bonchev–Trinajstić information content (AvgIpc) is 2.90. The molecule has 0 aliphatic rings. The summed E-state index contributed by atoms with van der Waals surface area (Å²) < 4.78 is 2.02. The Bertz CT molecular complexity index is 640. The summed E-state index contributed by atoms with van der Waals surface area (Å²) in [5.41, 5.74) is 2.08. The standard InChI is InChI=1S/C15H18ClN3O2/c1-3-17-11(2)12-6-7-18(9-12)10-13-4-5-14(19(20)21)8-15(13)16/h4-9,11,17H,3,10H2,1-2H3. The van der Waals surface area contributed by atoms with Crippen LogP contribution in [0.2, 0.25) is 5.02 Å². The van der Waals surface area contributed by atoms with Crippen molar-refractivity contribution in [2.24, 2.45) is 0 Å². The molecule has 1 unspecified atom stereocenters. The van der Waals surface area contributed by atoms with Gasteiger partial charge >= 0.3 is 0 Å². The minimum Gasteiger partial charge on any atom is -0.350 e. The number of nitro benzene ring substituents is 1. The summed E-state index contributed by atoms with van der Waals surface area (Å²) in [4.78, 5) is 10.3. The molecule has 1 aromatic carbocycles. The van der Waals surface area contributed by atoms with Crippen molar-refractivity contribution >= 4 is 17.3 Å². The van der Waals surface area contributed by atoms with Crippen molar-refractivity contribution < 1.29 is 4.92 Å². The number of halogens is 1. The summed E-state index contributed by atoms with van der Waals surface area (Å²) in [5, 5.41) is 14.5. The second-order valence-electron chi connectivity index (χ2n) is 4.93. The van der Waals surface area contributed by atoms with E-state index in [-0.39, 0.29) is 5.69 Å². The number of hydrogen-bond donors (Lipinski definition) is 1. The molecule has 1 aromatic heterocycles. The highest BCUT2D eigenvalue weighted by molar-refractivity contribution is 6.31. The Morgan fingerprint density at radius 2 is 2.19 bits per heavy atom. The average molecular weight is 308 g/mol. The Kier molecular flexibility index (Phi) is 4.98. The number of nitro groups is 1. The monoisotopic (exact) mass is 307 g/mol. The maximum absolute atomic E-state index is 10.7. The smallest absolute Gasteiger partial charge is 0.270 e. The van der Waals surface area contributed by atoms with Gasteiger partial charge in [0.25, 0.3) is 5.69 Å². The fraction of sp³-hybridized carbons (Fsp3) is 0.333. The van der Waals surface area contributed by atoms with E-state index in [1.807, 2.05) is 10.8 Å². The molecule has 5 nitrogen and oxygen atoms in total. The summed E-state index contributed by atoms with van der Waals surface area (Å²) in [5.74, 6) is 0. The van der Waals surface area contributed by atoms with Crippen molar-refractivity contribution in [1.29, 1.82) is 0 Å². The molecule has 0 spiro atoms. The lowest BCUT2D eigenvalue weighted by Crippen LogP contribution is -2.17. The van der Waals surface area contributed by atoms with Crippen molar-refractivity contribution in [2.45, 2.75) is 26.4 Å². The van der Waals surface area contributed by atoms with Crippen LogP contribution in [-0.4, -0.2) is 16.0 Å². The Morgan fingerprint density at radius 3 is 2.81 bits per heavy atom. The van der Waals surface area contributed by atoms with E-state index in [4.69, 9.17) is 11.6 Å². The van der Waals surface area contributed by atoms with E-state index in [2.05, 4.69) is 31.4 Å². The Labute approximate surface area is 128 Å². The molecule has 2 rings (SSSR count). The van der Waals surface area contributed by atoms with Crippen LogP contribution in [0, 0.1) is 10.1 Å². The van der Waals surface area contributed by atoms with Crippen LogP contribution in [0.3, 0.4) is 0 Å².